The van der Waals surface area contributed by atoms with Crippen LogP contribution in [0.5, 0.6) is 0 Å². The van der Waals surface area contributed by atoms with Gasteiger partial charge in [0.25, 0.3) is 0 Å². The molecule has 4 heteroatoms. The lowest BCUT2D eigenvalue weighted by atomic mass is 9.80. The predicted octanol–water partition coefficient (Wildman–Crippen LogP) is 0.444. The Balaban J connectivity index is 1.79. The summed E-state index contributed by atoms with van der Waals surface area (Å²) in [6.07, 6.45) is 2.48. The Morgan fingerprint density at radius 2 is 1.87 bits per heavy atom. The van der Waals surface area contributed by atoms with Crippen molar-refractivity contribution in [3.05, 3.63) is 30.3 Å². The fourth-order valence-corrected chi connectivity index (χ4v) is 1.80. The third-order valence-electron chi connectivity index (χ3n) is 2.70. The molecule has 1 aromatic rings. The molecular weight excluding hydrogens is 189 g/mol. The van der Waals surface area contributed by atoms with E-state index in [1.807, 2.05) is 30.3 Å². The van der Waals surface area contributed by atoms with E-state index in [-0.39, 0.29) is 0 Å². The molecule has 1 fully saturated rings. The predicted molar refractivity (Wildman–Crippen MR) is 60.8 cm³/mol. The Hall–Kier alpha value is -0.835. The van der Waals surface area contributed by atoms with E-state index < -0.39 is 7.12 Å². The van der Waals surface area contributed by atoms with Gasteiger partial charge in [-0.3, -0.25) is 4.90 Å². The molecule has 80 valence electrons. The van der Waals surface area contributed by atoms with Crippen LogP contribution in [-0.2, 0) is 4.65 Å². The second kappa shape index (κ2) is 5.30. The van der Waals surface area contributed by atoms with Gasteiger partial charge in [0.05, 0.1) is 6.73 Å². The van der Waals surface area contributed by atoms with Crippen molar-refractivity contribution in [1.29, 1.82) is 0 Å². The SMILES string of the molecule is OB(OCN1CCCC1)c1ccccc1. The smallest absolute Gasteiger partial charge is 0.423 e. The number of nitrogens with zero attached hydrogens (tertiary/aromatic N) is 1. The first-order valence-corrected chi connectivity index (χ1v) is 5.43. The standard InChI is InChI=1S/C11H16BNO2/c14-12(11-6-2-1-3-7-11)15-10-13-8-4-5-9-13/h1-3,6-7,14H,4-5,8-10H2. The van der Waals surface area contributed by atoms with E-state index in [1.165, 1.54) is 12.8 Å². The number of hydrogen-bond acceptors (Lipinski definition) is 3. The van der Waals surface area contributed by atoms with Crippen molar-refractivity contribution >= 4 is 12.6 Å². The molecule has 1 aliphatic heterocycles. The summed E-state index contributed by atoms with van der Waals surface area (Å²) in [5, 5.41) is 9.73. The summed E-state index contributed by atoms with van der Waals surface area (Å²) < 4.78 is 5.39. The monoisotopic (exact) mass is 205 g/mol. The van der Waals surface area contributed by atoms with Crippen LogP contribution in [0.25, 0.3) is 0 Å². The first-order valence-electron chi connectivity index (χ1n) is 5.43. The maximum Gasteiger partial charge on any atom is 0.492 e. The van der Waals surface area contributed by atoms with Gasteiger partial charge in [-0.1, -0.05) is 30.3 Å². The molecule has 3 nitrogen and oxygen atoms in total. The maximum absolute atomic E-state index is 9.73. The van der Waals surface area contributed by atoms with Crippen molar-refractivity contribution in [2.75, 3.05) is 19.8 Å². The average Bonchev–Trinajstić information content (AvgIpc) is 2.80. The van der Waals surface area contributed by atoms with Crippen LogP contribution in [0.15, 0.2) is 30.3 Å². The minimum atomic E-state index is -0.799. The van der Waals surface area contributed by atoms with Crippen LogP contribution in [0.2, 0.25) is 0 Å². The van der Waals surface area contributed by atoms with E-state index in [0.29, 0.717) is 6.73 Å². The molecule has 0 amide bonds. The van der Waals surface area contributed by atoms with Crippen LogP contribution in [0.4, 0.5) is 0 Å². The molecule has 1 heterocycles. The fraction of sp³-hybridized carbons (Fsp3) is 0.455. The first kappa shape index (κ1) is 10.7. The highest BCUT2D eigenvalue weighted by molar-refractivity contribution is 6.59. The van der Waals surface area contributed by atoms with Gasteiger partial charge in [-0.05, 0) is 18.3 Å². The van der Waals surface area contributed by atoms with Crippen molar-refractivity contribution < 1.29 is 9.68 Å². The summed E-state index contributed by atoms with van der Waals surface area (Å²) in [6, 6.07) is 9.47. The van der Waals surface area contributed by atoms with E-state index in [9.17, 15) is 5.02 Å². The molecule has 0 saturated carbocycles. The summed E-state index contributed by atoms with van der Waals surface area (Å²) in [5.74, 6) is 0. The van der Waals surface area contributed by atoms with Crippen LogP contribution in [-0.4, -0.2) is 36.9 Å². The molecule has 0 unspecified atom stereocenters. The van der Waals surface area contributed by atoms with E-state index in [1.54, 1.807) is 0 Å². The van der Waals surface area contributed by atoms with Crippen LogP contribution in [0.3, 0.4) is 0 Å². The number of likely N-dealkylation sites (tertiary alicyclic amines) is 1. The molecule has 0 radical (unpaired) electrons. The lowest BCUT2D eigenvalue weighted by Gasteiger charge is -2.16. The lowest BCUT2D eigenvalue weighted by Crippen LogP contribution is -2.37. The Bertz CT molecular complexity index is 288. The van der Waals surface area contributed by atoms with Gasteiger partial charge in [0.2, 0.25) is 0 Å². The average molecular weight is 205 g/mol. The van der Waals surface area contributed by atoms with E-state index in [4.69, 9.17) is 4.65 Å². The van der Waals surface area contributed by atoms with Crippen molar-refractivity contribution in [1.82, 2.24) is 4.90 Å². The first-order chi connectivity index (χ1) is 7.36. The van der Waals surface area contributed by atoms with Gasteiger partial charge in [-0.15, -0.1) is 0 Å². The molecule has 1 aromatic carbocycles. The van der Waals surface area contributed by atoms with Crippen LogP contribution >= 0.6 is 0 Å². The molecule has 0 spiro atoms. The highest BCUT2D eigenvalue weighted by Gasteiger charge is 2.18. The Labute approximate surface area is 90.8 Å². The van der Waals surface area contributed by atoms with Gasteiger partial charge < -0.3 is 9.68 Å². The lowest BCUT2D eigenvalue weighted by molar-refractivity contribution is 0.133. The van der Waals surface area contributed by atoms with Gasteiger partial charge in [-0.25, -0.2) is 0 Å². The fourth-order valence-electron chi connectivity index (χ4n) is 1.80. The van der Waals surface area contributed by atoms with Crippen molar-refractivity contribution in [3.63, 3.8) is 0 Å². The molecular formula is C11H16BNO2. The summed E-state index contributed by atoms with van der Waals surface area (Å²) >= 11 is 0. The van der Waals surface area contributed by atoms with E-state index in [0.717, 1.165) is 18.6 Å². The van der Waals surface area contributed by atoms with Gasteiger partial charge in [0.15, 0.2) is 0 Å². The highest BCUT2D eigenvalue weighted by atomic mass is 16.5. The van der Waals surface area contributed by atoms with E-state index >= 15 is 0 Å². The number of rotatable bonds is 4. The number of benzene rings is 1. The molecule has 0 atom stereocenters. The third-order valence-corrected chi connectivity index (χ3v) is 2.70. The van der Waals surface area contributed by atoms with Gasteiger partial charge in [0.1, 0.15) is 0 Å². The largest absolute Gasteiger partial charge is 0.492 e. The minimum absolute atomic E-state index is 0.524. The van der Waals surface area contributed by atoms with E-state index in [2.05, 4.69) is 4.90 Å². The molecule has 0 bridgehead atoms. The summed E-state index contributed by atoms with van der Waals surface area (Å²) in [6.45, 7) is 2.69. The zero-order valence-electron chi connectivity index (χ0n) is 8.80. The zero-order chi connectivity index (χ0) is 10.5. The summed E-state index contributed by atoms with van der Waals surface area (Å²) in [7, 11) is -0.799. The van der Waals surface area contributed by atoms with Crippen LogP contribution < -0.4 is 5.46 Å². The quantitative estimate of drug-likeness (QED) is 0.724. The molecule has 1 saturated heterocycles. The van der Waals surface area contributed by atoms with Crippen molar-refractivity contribution in [2.24, 2.45) is 0 Å². The van der Waals surface area contributed by atoms with Crippen molar-refractivity contribution in [3.8, 4) is 0 Å². The minimum Gasteiger partial charge on any atom is -0.423 e. The third kappa shape index (κ3) is 3.06. The van der Waals surface area contributed by atoms with Gasteiger partial charge in [0, 0.05) is 13.1 Å². The van der Waals surface area contributed by atoms with Crippen LogP contribution in [0, 0.1) is 0 Å². The molecule has 15 heavy (non-hydrogen) atoms. The second-order valence-electron chi connectivity index (χ2n) is 3.88. The molecule has 2 rings (SSSR count). The normalized spacial score (nSPS) is 16.9. The molecule has 0 aliphatic carbocycles. The van der Waals surface area contributed by atoms with Gasteiger partial charge >= 0.3 is 7.12 Å². The Morgan fingerprint density at radius 1 is 1.20 bits per heavy atom. The molecule has 0 aromatic heterocycles. The summed E-state index contributed by atoms with van der Waals surface area (Å²) in [4.78, 5) is 2.21. The number of hydrogen-bond donors (Lipinski definition) is 1. The second-order valence-corrected chi connectivity index (χ2v) is 3.88. The molecule has 1 N–H and O–H groups in total. The summed E-state index contributed by atoms with van der Waals surface area (Å²) in [5.41, 5.74) is 0.816. The Kier molecular flexibility index (Phi) is 3.77. The van der Waals surface area contributed by atoms with Crippen molar-refractivity contribution in [2.45, 2.75) is 12.8 Å². The molecule has 1 aliphatic rings. The van der Waals surface area contributed by atoms with Gasteiger partial charge in [-0.2, -0.15) is 0 Å². The zero-order valence-corrected chi connectivity index (χ0v) is 8.80. The Morgan fingerprint density at radius 3 is 2.53 bits per heavy atom. The topological polar surface area (TPSA) is 32.7 Å². The van der Waals surface area contributed by atoms with Crippen LogP contribution in [0.1, 0.15) is 12.8 Å². The maximum atomic E-state index is 9.73. The highest BCUT2D eigenvalue weighted by Crippen LogP contribution is 2.06.